The lowest BCUT2D eigenvalue weighted by Crippen LogP contribution is -2.44. The number of hydrogen-bond donors (Lipinski definition) is 5. The van der Waals surface area contributed by atoms with E-state index in [4.69, 9.17) is 42.6 Å². The summed E-state index contributed by atoms with van der Waals surface area (Å²) in [6, 6.07) is 15.5. The number of para-hydroxylation sites is 1. The highest BCUT2D eigenvalue weighted by Gasteiger charge is 2.42. The average molecular weight is 1110 g/mol. The average Bonchev–Trinajstić information content (AvgIpc) is 3.98. The molecule has 0 radical (unpaired) electrons. The van der Waals surface area contributed by atoms with Crippen LogP contribution in [-0.2, 0) is 68.4 Å². The zero-order valence-corrected chi connectivity index (χ0v) is 46.4. The second kappa shape index (κ2) is 36.6. The van der Waals surface area contributed by atoms with E-state index in [2.05, 4.69) is 38.6 Å². The zero-order valence-electron chi connectivity index (χ0n) is 45.6. The first kappa shape index (κ1) is 63.3. The standard InChI is InChI=1S/C55H81N7O15S/c1-55(2,3)77-54(68)60-59-49(64)20-24-69-28-32-73-36-38-75-34-30-71-26-22-61(50(65)15-9-8-14-47-52-45(41-78-47)57-53(67)58-52)23-27-72-31-35-76-39-37-74-33-29-70-25-21-56-48(63)18-19-51(66)62-40-44-12-5-4-10-42(44)16-17-43-11-6-7-13-46(43)62/h4-7,10-13,45,47,52H,8-9,14-15,18-41H2,1-3H3,(H,56,63)(H,59,64)(H,60,68)(H2,57,58,67)/t45-,47-,52-/m0/s1. The molecule has 0 aliphatic carbocycles. The molecule has 2 saturated heterocycles. The molecule has 2 aromatic carbocycles. The summed E-state index contributed by atoms with van der Waals surface area (Å²) in [6.07, 6.45) is 2.40. The third-order valence-corrected chi connectivity index (χ3v) is 13.7. The Labute approximate surface area is 463 Å². The Morgan fingerprint density at radius 2 is 1.21 bits per heavy atom. The minimum absolute atomic E-state index is 0.0331. The zero-order chi connectivity index (χ0) is 55.6. The van der Waals surface area contributed by atoms with Crippen LogP contribution in [-0.4, -0.2) is 195 Å². The number of thioether (sulfide) groups is 1. The summed E-state index contributed by atoms with van der Waals surface area (Å²) in [6.45, 7) is 12.0. The van der Waals surface area contributed by atoms with Crippen LogP contribution in [0.2, 0.25) is 0 Å². The normalized spacial score (nSPS) is 16.3. The third-order valence-electron chi connectivity index (χ3n) is 12.1. The van der Waals surface area contributed by atoms with Crippen LogP contribution < -0.4 is 31.7 Å². The topological polar surface area (TPSA) is 252 Å². The molecule has 3 aliphatic rings. The van der Waals surface area contributed by atoms with Gasteiger partial charge < -0.3 is 68.4 Å². The summed E-state index contributed by atoms with van der Waals surface area (Å²) < 4.78 is 50.0. The molecule has 0 unspecified atom stereocenters. The van der Waals surface area contributed by atoms with Crippen molar-refractivity contribution in [3.8, 4) is 11.8 Å². The maximum absolute atomic E-state index is 13.4. The van der Waals surface area contributed by atoms with E-state index < -0.39 is 17.6 Å². The van der Waals surface area contributed by atoms with Crippen molar-refractivity contribution in [2.45, 2.75) is 95.2 Å². The Kier molecular flexibility index (Phi) is 29.7. The number of fused-ring (bicyclic) bond motifs is 3. The monoisotopic (exact) mass is 1110 g/mol. The Morgan fingerprint density at radius 1 is 0.641 bits per heavy atom. The molecule has 23 heteroatoms. The largest absolute Gasteiger partial charge is 0.443 e. The quantitative estimate of drug-likeness (QED) is 0.0280. The molecule has 0 spiro atoms. The molecule has 2 fully saturated rings. The minimum Gasteiger partial charge on any atom is -0.443 e. The molecule has 2 aromatic rings. The number of hydrazine groups is 1. The van der Waals surface area contributed by atoms with Crippen LogP contribution in [0.3, 0.4) is 0 Å². The van der Waals surface area contributed by atoms with Gasteiger partial charge in [-0.1, -0.05) is 48.6 Å². The van der Waals surface area contributed by atoms with Crippen molar-refractivity contribution in [2.24, 2.45) is 0 Å². The van der Waals surface area contributed by atoms with Crippen LogP contribution in [0.25, 0.3) is 0 Å². The molecule has 0 bridgehead atoms. The number of rotatable bonds is 38. The molecule has 22 nitrogen and oxygen atoms in total. The predicted molar refractivity (Wildman–Crippen MR) is 292 cm³/mol. The highest BCUT2D eigenvalue weighted by Crippen LogP contribution is 2.33. The summed E-state index contributed by atoms with van der Waals surface area (Å²) >= 11 is 1.87. The first-order chi connectivity index (χ1) is 37.9. The van der Waals surface area contributed by atoms with Gasteiger partial charge in [-0.15, -0.1) is 0 Å². The van der Waals surface area contributed by atoms with Gasteiger partial charge in [-0.05, 0) is 57.4 Å². The summed E-state index contributed by atoms with van der Waals surface area (Å²) in [4.78, 5) is 78.0. The van der Waals surface area contributed by atoms with Crippen molar-refractivity contribution in [1.82, 2.24) is 31.7 Å². The van der Waals surface area contributed by atoms with Gasteiger partial charge in [0.15, 0.2) is 0 Å². The smallest absolute Gasteiger partial charge is 0.426 e. The molecule has 3 heterocycles. The number of amides is 7. The van der Waals surface area contributed by atoms with Gasteiger partial charge in [0.05, 0.1) is 136 Å². The number of hydrogen-bond acceptors (Lipinski definition) is 16. The Morgan fingerprint density at radius 3 is 1.85 bits per heavy atom. The second-order valence-corrected chi connectivity index (χ2v) is 20.6. The van der Waals surface area contributed by atoms with Crippen LogP contribution in [0.15, 0.2) is 48.5 Å². The van der Waals surface area contributed by atoms with Crippen LogP contribution in [0, 0.1) is 11.8 Å². The van der Waals surface area contributed by atoms with Gasteiger partial charge in [0.25, 0.3) is 0 Å². The first-order valence-electron chi connectivity index (χ1n) is 27.0. The lowest BCUT2D eigenvalue weighted by Gasteiger charge is -2.26. The van der Waals surface area contributed by atoms with Gasteiger partial charge in [0, 0.05) is 61.0 Å². The lowest BCUT2D eigenvalue weighted by atomic mass is 10.0. The lowest BCUT2D eigenvalue weighted by molar-refractivity contribution is -0.133. The van der Waals surface area contributed by atoms with Crippen molar-refractivity contribution < 1.29 is 71.4 Å². The number of urea groups is 1. The number of nitrogens with one attached hydrogen (secondary N) is 5. The predicted octanol–water partition coefficient (Wildman–Crippen LogP) is 3.46. The second-order valence-electron chi connectivity index (χ2n) is 19.3. The number of ether oxygens (including phenoxy) is 9. The van der Waals surface area contributed by atoms with E-state index in [1.807, 2.05) is 60.3 Å². The first-order valence-corrected chi connectivity index (χ1v) is 28.0. The summed E-state index contributed by atoms with van der Waals surface area (Å²) in [5.74, 6) is 6.55. The Balaban J connectivity index is 0.842. The van der Waals surface area contributed by atoms with Crippen molar-refractivity contribution >= 4 is 53.2 Å². The fourth-order valence-electron chi connectivity index (χ4n) is 8.22. The molecule has 432 valence electrons. The van der Waals surface area contributed by atoms with Gasteiger partial charge in [0.2, 0.25) is 23.6 Å². The number of anilines is 1. The summed E-state index contributed by atoms with van der Waals surface area (Å²) in [5, 5.41) is 9.16. The van der Waals surface area contributed by atoms with Gasteiger partial charge in [-0.3, -0.25) is 24.6 Å². The number of carbonyl (C=O) groups is 6. The fourth-order valence-corrected chi connectivity index (χ4v) is 9.77. The minimum atomic E-state index is -0.746. The molecule has 78 heavy (non-hydrogen) atoms. The number of benzene rings is 2. The van der Waals surface area contributed by atoms with Crippen molar-refractivity contribution in [3.05, 3.63) is 65.2 Å². The molecule has 3 aliphatic heterocycles. The Hall–Kier alpha value is -5.55. The molecular weight excluding hydrogens is 1030 g/mol. The van der Waals surface area contributed by atoms with Crippen LogP contribution in [0.1, 0.15) is 82.4 Å². The fraction of sp³-hybridized carbons (Fsp3) is 0.636. The van der Waals surface area contributed by atoms with E-state index in [1.165, 1.54) is 0 Å². The van der Waals surface area contributed by atoms with E-state index in [0.29, 0.717) is 137 Å². The Bertz CT molecular complexity index is 2230. The van der Waals surface area contributed by atoms with E-state index in [1.54, 1.807) is 30.6 Å². The number of nitrogens with zero attached hydrogens (tertiary/aromatic N) is 2. The maximum atomic E-state index is 13.4. The summed E-state index contributed by atoms with van der Waals surface area (Å²) in [5.41, 5.74) is 7.12. The summed E-state index contributed by atoms with van der Waals surface area (Å²) in [7, 11) is 0. The molecule has 0 aromatic heterocycles. The maximum Gasteiger partial charge on any atom is 0.426 e. The molecule has 7 amide bonds. The van der Waals surface area contributed by atoms with Crippen LogP contribution in [0.5, 0.6) is 0 Å². The highest BCUT2D eigenvalue weighted by molar-refractivity contribution is 8.00. The number of unbranched alkanes of at least 4 members (excludes halogenated alkanes) is 1. The van der Waals surface area contributed by atoms with Gasteiger partial charge >= 0.3 is 12.1 Å². The molecule has 5 rings (SSSR count). The van der Waals surface area contributed by atoms with Crippen molar-refractivity contribution in [2.75, 3.05) is 136 Å². The van der Waals surface area contributed by atoms with Gasteiger partial charge in [-0.2, -0.15) is 11.8 Å². The van der Waals surface area contributed by atoms with Crippen molar-refractivity contribution in [1.29, 1.82) is 0 Å². The van der Waals surface area contributed by atoms with E-state index >= 15 is 0 Å². The molecule has 0 saturated carbocycles. The third kappa shape index (κ3) is 25.5. The molecular formula is C55H81N7O15S. The van der Waals surface area contributed by atoms with Gasteiger partial charge in [-0.25, -0.2) is 15.0 Å². The van der Waals surface area contributed by atoms with E-state index in [9.17, 15) is 28.8 Å². The van der Waals surface area contributed by atoms with Gasteiger partial charge in [0.1, 0.15) is 5.60 Å². The number of carbonyl (C=O) groups excluding carboxylic acids is 6. The molecule has 3 atom stereocenters. The van der Waals surface area contributed by atoms with E-state index in [-0.39, 0.29) is 61.7 Å². The van der Waals surface area contributed by atoms with E-state index in [0.717, 1.165) is 47.4 Å². The van der Waals surface area contributed by atoms with Crippen LogP contribution >= 0.6 is 11.8 Å². The highest BCUT2D eigenvalue weighted by atomic mass is 32.2. The van der Waals surface area contributed by atoms with Crippen LogP contribution in [0.4, 0.5) is 15.3 Å². The van der Waals surface area contributed by atoms with Crippen molar-refractivity contribution in [3.63, 3.8) is 0 Å². The molecule has 5 N–H and O–H groups in total. The SMILES string of the molecule is CC(C)(C)OC(=O)NNC(=O)CCOCCOCCOCCOCCN(CCOCCOCCOCCOCCNC(=O)CCC(=O)N1Cc2ccccc2C#Cc2ccccc21)C(=O)CCCC[C@@H]1SC[C@@H]2NC(=O)N[C@@H]21.